The molecule has 0 aliphatic heterocycles. The van der Waals surface area contributed by atoms with Crippen LogP contribution in [0.5, 0.6) is 17.6 Å². The smallest absolute Gasteiger partial charge is 0.400 e. The van der Waals surface area contributed by atoms with E-state index in [1.165, 1.54) is 26.2 Å². The van der Waals surface area contributed by atoms with Crippen molar-refractivity contribution in [2.75, 3.05) is 19.4 Å². The van der Waals surface area contributed by atoms with Gasteiger partial charge in [-0.3, -0.25) is 4.79 Å². The van der Waals surface area contributed by atoms with Crippen LogP contribution in [0.25, 0.3) is 11.1 Å². The van der Waals surface area contributed by atoms with E-state index in [0.29, 0.717) is 33.3 Å². The maximum atomic E-state index is 12.6. The normalized spacial score (nSPS) is 12.5. The number of oxazole rings is 1. The molecule has 182 valence electrons. The summed E-state index contributed by atoms with van der Waals surface area (Å²) in [7, 11) is -0.738. The third kappa shape index (κ3) is 5.73. The van der Waals surface area contributed by atoms with E-state index in [0.717, 1.165) is 4.31 Å². The molecule has 1 atom stereocenters. The number of amides is 1. The molecule has 9 nitrogen and oxygen atoms in total. The Morgan fingerprint density at radius 2 is 1.77 bits per heavy atom. The maximum absolute atomic E-state index is 12.6. The Balaban J connectivity index is 1.37. The van der Waals surface area contributed by atoms with E-state index in [1.807, 2.05) is 0 Å². The van der Waals surface area contributed by atoms with Gasteiger partial charge in [0.25, 0.3) is 5.91 Å². The molecule has 4 rings (SSSR count). The molecule has 0 saturated carbocycles. The standard InChI is InChI=1S/C24H22ClN3O6S/c1-15(23(29)26-17-5-4-6-20(14-17)35(30,31)28(2)3)32-18-8-10-19(11-9-18)33-24-27-21-13-16(25)7-12-22(21)34-24/h4-15H,1-3H3,(H,26,29). The number of carbonyl (C=O) groups excluding carboxylic acids is 1. The number of carbonyl (C=O) groups is 1. The highest BCUT2D eigenvalue weighted by molar-refractivity contribution is 7.89. The molecule has 1 heterocycles. The van der Waals surface area contributed by atoms with Crippen molar-refractivity contribution < 1.29 is 27.1 Å². The van der Waals surface area contributed by atoms with E-state index in [2.05, 4.69) is 10.3 Å². The minimum Gasteiger partial charge on any atom is -0.481 e. The molecule has 0 saturated heterocycles. The van der Waals surface area contributed by atoms with Crippen molar-refractivity contribution in [2.45, 2.75) is 17.9 Å². The maximum Gasteiger partial charge on any atom is 0.400 e. The summed E-state index contributed by atoms with van der Waals surface area (Å²) >= 11 is 5.96. The van der Waals surface area contributed by atoms with Gasteiger partial charge in [0, 0.05) is 24.8 Å². The van der Waals surface area contributed by atoms with Crippen LogP contribution < -0.4 is 14.8 Å². The number of nitrogens with zero attached hydrogens (tertiary/aromatic N) is 2. The molecule has 1 amide bonds. The highest BCUT2D eigenvalue weighted by atomic mass is 35.5. The molecule has 0 radical (unpaired) electrons. The largest absolute Gasteiger partial charge is 0.481 e. The minimum atomic E-state index is -3.62. The molecular weight excluding hydrogens is 494 g/mol. The zero-order chi connectivity index (χ0) is 25.2. The molecule has 0 aliphatic carbocycles. The molecular formula is C24H22ClN3O6S. The average Bonchev–Trinajstić information content (AvgIpc) is 3.21. The molecule has 1 unspecified atom stereocenters. The van der Waals surface area contributed by atoms with Crippen LogP contribution in [-0.4, -0.2) is 43.8 Å². The quantitative estimate of drug-likeness (QED) is 0.354. The van der Waals surface area contributed by atoms with Crippen LogP contribution in [0, 0.1) is 0 Å². The Kier molecular flexibility index (Phi) is 6.97. The van der Waals surface area contributed by atoms with Crippen LogP contribution in [0.15, 0.2) is 76.0 Å². The topological polar surface area (TPSA) is 111 Å². The Bertz CT molecular complexity index is 1470. The molecule has 0 fully saturated rings. The number of nitrogens with one attached hydrogen (secondary N) is 1. The highest BCUT2D eigenvalue weighted by Gasteiger charge is 2.19. The molecule has 35 heavy (non-hydrogen) atoms. The molecule has 0 bridgehead atoms. The number of aromatic nitrogens is 1. The first-order valence-electron chi connectivity index (χ1n) is 10.5. The molecule has 1 N–H and O–H groups in total. The summed E-state index contributed by atoms with van der Waals surface area (Å²) in [6.07, 6.45) is -0.778. The Labute approximate surface area is 207 Å². The SMILES string of the molecule is CC(Oc1ccc(Oc2nc3cc(Cl)ccc3o2)cc1)C(=O)Nc1cccc(S(=O)(=O)N(C)C)c1. The Hall–Kier alpha value is -3.60. The van der Waals surface area contributed by atoms with Crippen LogP contribution in [0.4, 0.5) is 5.69 Å². The van der Waals surface area contributed by atoms with E-state index in [-0.39, 0.29) is 11.0 Å². The summed E-state index contributed by atoms with van der Waals surface area (Å²) in [6, 6.07) is 17.7. The van der Waals surface area contributed by atoms with Crippen molar-refractivity contribution in [3.8, 4) is 17.6 Å². The summed E-state index contributed by atoms with van der Waals surface area (Å²) in [6.45, 7) is 1.59. The van der Waals surface area contributed by atoms with Crippen molar-refractivity contribution in [3.63, 3.8) is 0 Å². The monoisotopic (exact) mass is 515 g/mol. The number of hydrogen-bond acceptors (Lipinski definition) is 7. The summed E-state index contributed by atoms with van der Waals surface area (Å²) < 4.78 is 42.6. The summed E-state index contributed by atoms with van der Waals surface area (Å²) in [5.74, 6) is 0.467. The van der Waals surface area contributed by atoms with Gasteiger partial charge in [-0.05, 0) is 67.6 Å². The van der Waals surface area contributed by atoms with Gasteiger partial charge in [0.1, 0.15) is 17.0 Å². The van der Waals surface area contributed by atoms with Crippen molar-refractivity contribution in [1.29, 1.82) is 0 Å². The molecule has 3 aromatic carbocycles. The summed E-state index contributed by atoms with van der Waals surface area (Å²) in [4.78, 5) is 16.9. The number of anilines is 1. The summed E-state index contributed by atoms with van der Waals surface area (Å²) in [5, 5.41) is 3.22. The highest BCUT2D eigenvalue weighted by Crippen LogP contribution is 2.28. The minimum absolute atomic E-state index is 0.0715. The van der Waals surface area contributed by atoms with Gasteiger partial charge in [-0.15, -0.1) is 0 Å². The predicted octanol–water partition coefficient (Wildman–Crippen LogP) is 4.93. The molecule has 0 aliphatic rings. The van der Waals surface area contributed by atoms with Gasteiger partial charge in [-0.2, -0.15) is 4.98 Å². The van der Waals surface area contributed by atoms with Gasteiger partial charge in [0.2, 0.25) is 10.0 Å². The number of hydrogen-bond donors (Lipinski definition) is 1. The van der Waals surface area contributed by atoms with Crippen molar-refractivity contribution in [3.05, 3.63) is 71.8 Å². The predicted molar refractivity (Wildman–Crippen MR) is 132 cm³/mol. The van der Waals surface area contributed by atoms with Gasteiger partial charge in [-0.25, -0.2) is 12.7 Å². The van der Waals surface area contributed by atoms with Crippen LogP contribution in [0.1, 0.15) is 6.92 Å². The fourth-order valence-corrected chi connectivity index (χ4v) is 4.17. The molecule has 4 aromatic rings. The van der Waals surface area contributed by atoms with Crippen molar-refractivity contribution in [2.24, 2.45) is 0 Å². The number of ether oxygens (including phenoxy) is 2. The fraction of sp³-hybridized carbons (Fsp3) is 0.167. The third-order valence-electron chi connectivity index (χ3n) is 4.92. The average molecular weight is 516 g/mol. The number of fused-ring (bicyclic) bond motifs is 1. The summed E-state index contributed by atoms with van der Waals surface area (Å²) in [5.41, 5.74) is 1.47. The molecule has 11 heteroatoms. The zero-order valence-electron chi connectivity index (χ0n) is 19.1. The van der Waals surface area contributed by atoms with Crippen LogP contribution in [0.2, 0.25) is 5.02 Å². The first-order chi connectivity index (χ1) is 16.6. The van der Waals surface area contributed by atoms with E-state index >= 15 is 0 Å². The van der Waals surface area contributed by atoms with Gasteiger partial charge >= 0.3 is 6.08 Å². The van der Waals surface area contributed by atoms with Crippen LogP contribution in [-0.2, 0) is 14.8 Å². The van der Waals surface area contributed by atoms with E-state index in [1.54, 1.807) is 61.5 Å². The molecule has 0 spiro atoms. The number of rotatable bonds is 8. The lowest BCUT2D eigenvalue weighted by atomic mass is 10.3. The second-order valence-electron chi connectivity index (χ2n) is 7.73. The van der Waals surface area contributed by atoms with Crippen LogP contribution in [0.3, 0.4) is 0 Å². The van der Waals surface area contributed by atoms with E-state index in [4.69, 9.17) is 25.5 Å². The fourth-order valence-electron chi connectivity index (χ4n) is 3.06. The zero-order valence-corrected chi connectivity index (χ0v) is 20.6. The van der Waals surface area contributed by atoms with Crippen LogP contribution >= 0.6 is 11.6 Å². The third-order valence-corrected chi connectivity index (χ3v) is 6.97. The van der Waals surface area contributed by atoms with Gasteiger partial charge in [0.05, 0.1) is 4.90 Å². The lowest BCUT2D eigenvalue weighted by molar-refractivity contribution is -0.122. The lowest BCUT2D eigenvalue weighted by Crippen LogP contribution is -2.30. The second kappa shape index (κ2) is 9.95. The Morgan fingerprint density at radius 3 is 2.49 bits per heavy atom. The van der Waals surface area contributed by atoms with Gasteiger partial charge in [-0.1, -0.05) is 17.7 Å². The van der Waals surface area contributed by atoms with Gasteiger partial charge in [0.15, 0.2) is 11.7 Å². The number of halogens is 1. The lowest BCUT2D eigenvalue weighted by Gasteiger charge is -2.16. The van der Waals surface area contributed by atoms with Crippen molar-refractivity contribution >= 4 is 44.3 Å². The van der Waals surface area contributed by atoms with Gasteiger partial charge < -0.3 is 19.2 Å². The van der Waals surface area contributed by atoms with Crippen molar-refractivity contribution in [1.82, 2.24) is 9.29 Å². The number of benzene rings is 3. The van der Waals surface area contributed by atoms with E-state index < -0.39 is 22.0 Å². The second-order valence-corrected chi connectivity index (χ2v) is 10.3. The van der Waals surface area contributed by atoms with E-state index in [9.17, 15) is 13.2 Å². The number of sulfonamides is 1. The Morgan fingerprint density at radius 1 is 1.06 bits per heavy atom. The first kappa shape index (κ1) is 24.5. The first-order valence-corrected chi connectivity index (χ1v) is 12.3. The molecule has 1 aromatic heterocycles.